The van der Waals surface area contributed by atoms with Crippen molar-refractivity contribution in [1.82, 2.24) is 0 Å². The molecule has 0 bridgehead atoms. The molecule has 2 aliphatic rings. The highest BCUT2D eigenvalue weighted by molar-refractivity contribution is 6.30. The third kappa shape index (κ3) is 6.12. The van der Waals surface area contributed by atoms with E-state index in [1.165, 1.54) is 69.8 Å². The van der Waals surface area contributed by atoms with Gasteiger partial charge in [0.2, 0.25) is 0 Å². The molecule has 0 nitrogen and oxygen atoms in total. The van der Waals surface area contributed by atoms with Crippen LogP contribution in [0, 0.1) is 23.7 Å². The number of rotatable bonds is 7. The number of halogens is 2. The van der Waals surface area contributed by atoms with E-state index in [0.29, 0.717) is 12.3 Å². The van der Waals surface area contributed by atoms with Gasteiger partial charge in [0.1, 0.15) is 0 Å². The minimum atomic E-state index is -0.215. The van der Waals surface area contributed by atoms with E-state index in [2.05, 4.69) is 24.3 Å². The van der Waals surface area contributed by atoms with Crippen LogP contribution in [0.3, 0.4) is 0 Å². The predicted octanol–water partition coefficient (Wildman–Crippen LogP) is 7.80. The molecule has 0 radical (unpaired) electrons. The lowest BCUT2D eigenvalue weighted by molar-refractivity contribution is 0.152. The molecule has 0 aliphatic heterocycles. The Bertz CT molecular complexity index is 534. The van der Waals surface area contributed by atoms with E-state index in [-0.39, 0.29) is 6.67 Å². The van der Waals surface area contributed by atoms with Crippen LogP contribution in [0.4, 0.5) is 4.39 Å². The summed E-state index contributed by atoms with van der Waals surface area (Å²) in [4.78, 5) is 0. The maximum atomic E-state index is 12.2. The third-order valence-electron chi connectivity index (χ3n) is 6.81. The van der Waals surface area contributed by atoms with Gasteiger partial charge in [-0.15, -0.1) is 0 Å². The summed E-state index contributed by atoms with van der Waals surface area (Å²) >= 11 is 5.97. The Kier molecular flexibility index (Phi) is 8.05. The second-order valence-corrected chi connectivity index (χ2v) is 8.96. The fraction of sp³-hybridized carbons (Fsp3) is 0.667. The van der Waals surface area contributed by atoms with Crippen LogP contribution in [0.1, 0.15) is 69.8 Å². The molecule has 26 heavy (non-hydrogen) atoms. The Morgan fingerprint density at radius 3 is 2.12 bits per heavy atom. The van der Waals surface area contributed by atoms with Crippen LogP contribution in [-0.2, 0) is 6.42 Å². The van der Waals surface area contributed by atoms with Gasteiger partial charge in [-0.2, -0.15) is 0 Å². The minimum absolute atomic E-state index is 0.215. The van der Waals surface area contributed by atoms with Crippen LogP contribution in [-0.4, -0.2) is 6.67 Å². The van der Waals surface area contributed by atoms with E-state index >= 15 is 0 Å². The first-order chi connectivity index (χ1) is 12.7. The molecule has 0 spiro atoms. The lowest BCUT2D eigenvalue weighted by atomic mass is 9.68. The maximum Gasteiger partial charge on any atom is 0.0928 e. The van der Waals surface area contributed by atoms with E-state index in [1.807, 2.05) is 12.1 Å². The van der Waals surface area contributed by atoms with Crippen molar-refractivity contribution in [2.24, 2.45) is 23.7 Å². The summed E-state index contributed by atoms with van der Waals surface area (Å²) < 4.78 is 12.2. The zero-order chi connectivity index (χ0) is 18.2. The number of aryl methyl sites for hydroxylation is 1. The Morgan fingerprint density at radius 2 is 1.50 bits per heavy atom. The van der Waals surface area contributed by atoms with Gasteiger partial charge in [-0.05, 0) is 99.2 Å². The quantitative estimate of drug-likeness (QED) is 0.426. The highest BCUT2D eigenvalue weighted by Crippen LogP contribution is 2.42. The van der Waals surface area contributed by atoms with Gasteiger partial charge in [0.05, 0.1) is 6.67 Å². The fourth-order valence-electron chi connectivity index (χ4n) is 5.13. The van der Waals surface area contributed by atoms with E-state index in [0.717, 1.165) is 22.8 Å². The summed E-state index contributed by atoms with van der Waals surface area (Å²) in [5.74, 6) is 3.56. The first-order valence-corrected chi connectivity index (χ1v) is 11.1. The summed E-state index contributed by atoms with van der Waals surface area (Å²) in [7, 11) is 0. The van der Waals surface area contributed by atoms with Gasteiger partial charge < -0.3 is 0 Å². The van der Waals surface area contributed by atoms with Gasteiger partial charge in [-0.25, -0.2) is 0 Å². The monoisotopic (exact) mass is 376 g/mol. The van der Waals surface area contributed by atoms with Crippen molar-refractivity contribution in [3.8, 4) is 0 Å². The average molecular weight is 377 g/mol. The zero-order valence-corrected chi connectivity index (χ0v) is 16.8. The highest BCUT2D eigenvalue weighted by Gasteiger charge is 2.30. The SMILES string of the molecule is FCC/C=C/[C@H]1CC[C@H](C2CCC(CCc3ccc(Cl)cc3)CC2)CC1. The molecule has 3 rings (SSSR count). The molecule has 2 saturated carbocycles. The number of alkyl halides is 1. The molecule has 1 aromatic carbocycles. The standard InChI is InChI=1S/C24H34ClF/c25-24-16-10-21(11-17-24)5-4-20-8-14-23(15-9-20)22-12-6-19(7-13-22)3-1-2-18-26/h1,3,10-11,16-17,19-20,22-23H,2,4-9,12-15,18H2/b3-1+/t19-,20?,22-,23?. The van der Waals surface area contributed by atoms with Gasteiger partial charge >= 0.3 is 0 Å². The molecule has 0 saturated heterocycles. The Hall–Kier alpha value is -0.820. The van der Waals surface area contributed by atoms with E-state index in [9.17, 15) is 4.39 Å². The van der Waals surface area contributed by atoms with Gasteiger partial charge in [-0.3, -0.25) is 4.39 Å². The molecular weight excluding hydrogens is 343 g/mol. The van der Waals surface area contributed by atoms with Gasteiger partial charge in [-0.1, -0.05) is 48.7 Å². The summed E-state index contributed by atoms with van der Waals surface area (Å²) in [6.45, 7) is -0.215. The van der Waals surface area contributed by atoms with Crippen molar-refractivity contribution < 1.29 is 4.39 Å². The predicted molar refractivity (Wildman–Crippen MR) is 110 cm³/mol. The highest BCUT2D eigenvalue weighted by atomic mass is 35.5. The van der Waals surface area contributed by atoms with Crippen LogP contribution in [0.15, 0.2) is 36.4 Å². The molecule has 2 fully saturated rings. The van der Waals surface area contributed by atoms with Crippen LogP contribution < -0.4 is 0 Å². The summed E-state index contributed by atoms with van der Waals surface area (Å²) in [5.41, 5.74) is 1.43. The van der Waals surface area contributed by atoms with Gasteiger partial charge in [0, 0.05) is 5.02 Å². The Balaban J connectivity index is 1.34. The first-order valence-electron chi connectivity index (χ1n) is 10.7. The van der Waals surface area contributed by atoms with E-state index in [1.54, 1.807) is 0 Å². The van der Waals surface area contributed by atoms with Crippen LogP contribution in [0.5, 0.6) is 0 Å². The second-order valence-electron chi connectivity index (χ2n) is 8.53. The van der Waals surface area contributed by atoms with Gasteiger partial charge in [0.25, 0.3) is 0 Å². The van der Waals surface area contributed by atoms with Crippen LogP contribution >= 0.6 is 11.6 Å². The number of allylic oxidation sites excluding steroid dienone is 2. The van der Waals surface area contributed by atoms with Crippen molar-refractivity contribution in [3.05, 3.63) is 47.0 Å². The molecule has 1 aromatic rings. The molecule has 0 N–H and O–H groups in total. The number of hydrogen-bond acceptors (Lipinski definition) is 0. The Labute approximate surface area is 164 Å². The lowest BCUT2D eigenvalue weighted by Crippen LogP contribution is -2.25. The fourth-order valence-corrected chi connectivity index (χ4v) is 5.26. The molecule has 0 aromatic heterocycles. The normalized spacial score (nSPS) is 29.9. The molecule has 144 valence electrons. The molecular formula is C24H34ClF. The van der Waals surface area contributed by atoms with Crippen molar-refractivity contribution >= 4 is 11.6 Å². The smallest absolute Gasteiger partial charge is 0.0928 e. The largest absolute Gasteiger partial charge is 0.251 e. The third-order valence-corrected chi connectivity index (χ3v) is 7.07. The lowest BCUT2D eigenvalue weighted by Gasteiger charge is -2.37. The first kappa shape index (κ1) is 19.9. The number of hydrogen-bond donors (Lipinski definition) is 0. The van der Waals surface area contributed by atoms with Crippen molar-refractivity contribution in [2.75, 3.05) is 6.67 Å². The average Bonchev–Trinajstić information content (AvgIpc) is 2.69. The Morgan fingerprint density at radius 1 is 0.885 bits per heavy atom. The van der Waals surface area contributed by atoms with Gasteiger partial charge in [0.15, 0.2) is 0 Å². The molecule has 0 heterocycles. The van der Waals surface area contributed by atoms with Crippen LogP contribution in [0.2, 0.25) is 5.02 Å². The zero-order valence-electron chi connectivity index (χ0n) is 16.0. The van der Waals surface area contributed by atoms with Crippen molar-refractivity contribution in [2.45, 2.75) is 70.6 Å². The minimum Gasteiger partial charge on any atom is -0.251 e. The molecule has 0 atom stereocenters. The molecule has 0 amide bonds. The van der Waals surface area contributed by atoms with Crippen molar-refractivity contribution in [3.63, 3.8) is 0 Å². The molecule has 2 aliphatic carbocycles. The van der Waals surface area contributed by atoms with E-state index < -0.39 is 0 Å². The van der Waals surface area contributed by atoms with Crippen molar-refractivity contribution in [1.29, 1.82) is 0 Å². The molecule has 2 heteroatoms. The maximum absolute atomic E-state index is 12.2. The van der Waals surface area contributed by atoms with E-state index in [4.69, 9.17) is 11.6 Å². The summed E-state index contributed by atoms with van der Waals surface area (Å²) in [5, 5.41) is 0.835. The summed E-state index contributed by atoms with van der Waals surface area (Å²) in [6, 6.07) is 8.37. The summed E-state index contributed by atoms with van der Waals surface area (Å²) in [6.07, 6.45) is 18.6. The number of benzene rings is 1. The molecule has 0 unspecified atom stereocenters. The van der Waals surface area contributed by atoms with Crippen LogP contribution in [0.25, 0.3) is 0 Å². The topological polar surface area (TPSA) is 0 Å². The second kappa shape index (κ2) is 10.5.